The number of carbonyl (C=O) groups excluding carboxylic acids is 1. The molecule has 0 saturated carbocycles. The van der Waals surface area contributed by atoms with Gasteiger partial charge >= 0.3 is 0 Å². The Morgan fingerprint density at radius 1 is 1.31 bits per heavy atom. The number of amides is 1. The van der Waals surface area contributed by atoms with Gasteiger partial charge in [-0.2, -0.15) is 0 Å². The van der Waals surface area contributed by atoms with Crippen LogP contribution >= 0.6 is 11.3 Å². The van der Waals surface area contributed by atoms with Crippen LogP contribution in [0.3, 0.4) is 0 Å². The van der Waals surface area contributed by atoms with Gasteiger partial charge < -0.3 is 10.2 Å². The first-order chi connectivity index (χ1) is 13.9. The molecule has 4 heterocycles. The average molecular weight is 420 g/mol. The van der Waals surface area contributed by atoms with Gasteiger partial charge in [0.25, 0.3) is 11.8 Å². The number of fused-ring (bicyclic) bond motifs is 1. The molecule has 4 rings (SSSR count). The van der Waals surface area contributed by atoms with Crippen molar-refractivity contribution in [3.8, 4) is 0 Å². The van der Waals surface area contributed by atoms with E-state index in [4.69, 9.17) is 0 Å². The number of thiophene rings is 1. The fourth-order valence-corrected chi connectivity index (χ4v) is 3.85. The van der Waals surface area contributed by atoms with Crippen molar-refractivity contribution in [1.29, 1.82) is 0 Å². The predicted molar refractivity (Wildman–Crippen MR) is 111 cm³/mol. The number of hydrogen-bond donors (Lipinski definition) is 1. The van der Waals surface area contributed by atoms with Gasteiger partial charge in [0, 0.05) is 25.4 Å². The number of rotatable bonds is 4. The summed E-state index contributed by atoms with van der Waals surface area (Å²) in [7, 11) is 0. The van der Waals surface area contributed by atoms with E-state index < -0.39 is 18.4 Å². The summed E-state index contributed by atoms with van der Waals surface area (Å²) >= 11 is 1.33. The fourth-order valence-electron chi connectivity index (χ4n) is 3.04. The second-order valence-electron chi connectivity index (χ2n) is 6.52. The summed E-state index contributed by atoms with van der Waals surface area (Å²) in [5, 5.41) is 4.97. The lowest BCUT2D eigenvalue weighted by molar-refractivity contribution is 0.0120. The molecule has 6 nitrogen and oxygen atoms in total. The summed E-state index contributed by atoms with van der Waals surface area (Å²) < 4.78 is 27.6. The third-order valence-corrected chi connectivity index (χ3v) is 5.40. The molecule has 1 saturated heterocycles. The van der Waals surface area contributed by atoms with E-state index in [9.17, 15) is 13.6 Å². The molecule has 1 N–H and O–H groups in total. The van der Waals surface area contributed by atoms with Gasteiger partial charge in [-0.05, 0) is 30.0 Å². The molecule has 0 spiro atoms. The number of anilines is 1. The number of halogens is 2. The van der Waals surface area contributed by atoms with Gasteiger partial charge in [-0.3, -0.25) is 9.78 Å². The Bertz CT molecular complexity index is 979. The van der Waals surface area contributed by atoms with E-state index in [2.05, 4.69) is 20.3 Å². The van der Waals surface area contributed by atoms with Gasteiger partial charge in [0.2, 0.25) is 5.95 Å². The molecule has 0 bridgehead atoms. The Balaban J connectivity index is 0.00000117. The van der Waals surface area contributed by atoms with Crippen molar-refractivity contribution in [1.82, 2.24) is 19.9 Å². The molecule has 9 heteroatoms. The van der Waals surface area contributed by atoms with Gasteiger partial charge in [-0.25, -0.2) is 18.7 Å². The van der Waals surface area contributed by atoms with Crippen molar-refractivity contribution < 1.29 is 13.6 Å². The second-order valence-corrected chi connectivity index (χ2v) is 7.43. The Labute approximate surface area is 172 Å². The highest BCUT2D eigenvalue weighted by molar-refractivity contribution is 7.17. The monoisotopic (exact) mass is 419 g/mol. The highest BCUT2D eigenvalue weighted by atomic mass is 32.1. The van der Waals surface area contributed by atoms with Crippen molar-refractivity contribution in [2.75, 3.05) is 18.4 Å². The van der Waals surface area contributed by atoms with Crippen molar-refractivity contribution in [3.05, 3.63) is 47.2 Å². The molecule has 3 aromatic rings. The second kappa shape index (κ2) is 8.77. The van der Waals surface area contributed by atoms with E-state index >= 15 is 0 Å². The van der Waals surface area contributed by atoms with Crippen LogP contribution in [0, 0.1) is 0 Å². The maximum Gasteiger partial charge on any atom is 0.274 e. The fraction of sp³-hybridized carbons (Fsp3) is 0.400. The number of nitrogens with zero attached hydrogens (tertiary/aromatic N) is 4. The molecular weight excluding hydrogens is 396 g/mol. The van der Waals surface area contributed by atoms with Crippen LogP contribution in [0.25, 0.3) is 10.2 Å². The number of carbonyl (C=O) groups is 1. The lowest BCUT2D eigenvalue weighted by Crippen LogP contribution is -2.32. The summed E-state index contributed by atoms with van der Waals surface area (Å²) in [5.74, 6) is -3.04. The van der Waals surface area contributed by atoms with Crippen LogP contribution in [0.4, 0.5) is 14.7 Å². The number of likely N-dealkylation sites (tertiary alicyclic amines) is 1. The summed E-state index contributed by atoms with van der Waals surface area (Å²) in [6.07, 6.45) is 3.10. The minimum Gasteiger partial charge on any atom is -0.348 e. The van der Waals surface area contributed by atoms with Crippen molar-refractivity contribution in [2.24, 2.45) is 0 Å². The number of nitrogens with one attached hydrogen (secondary N) is 1. The number of aromatic nitrogens is 3. The summed E-state index contributed by atoms with van der Waals surface area (Å²) in [4.78, 5) is 26.9. The highest BCUT2D eigenvalue weighted by Crippen LogP contribution is 2.31. The van der Waals surface area contributed by atoms with Crippen molar-refractivity contribution in [3.63, 3.8) is 0 Å². The average Bonchev–Trinajstić information content (AvgIpc) is 3.35. The molecule has 1 aliphatic heterocycles. The third kappa shape index (κ3) is 4.67. The van der Waals surface area contributed by atoms with E-state index in [1.165, 1.54) is 11.3 Å². The van der Waals surface area contributed by atoms with E-state index in [-0.39, 0.29) is 30.6 Å². The molecule has 1 atom stereocenters. The Morgan fingerprint density at radius 3 is 2.76 bits per heavy atom. The number of hydrogen-bond acceptors (Lipinski definition) is 6. The molecule has 154 valence electrons. The Hall–Kier alpha value is -2.68. The van der Waals surface area contributed by atoms with Crippen molar-refractivity contribution in [2.45, 2.75) is 39.2 Å². The van der Waals surface area contributed by atoms with Gasteiger partial charge in [0.1, 0.15) is 0 Å². The molecular formula is C20H23F2N5OS. The largest absolute Gasteiger partial charge is 0.348 e. The lowest BCUT2D eigenvalue weighted by Gasteiger charge is -2.18. The SMILES string of the molecule is CC.C[C@H](Nc1nc(C(=O)N2CCC(F)(F)C2)c2sccc2n1)c1cccnc1. The zero-order valence-electron chi connectivity index (χ0n) is 16.5. The molecule has 0 aromatic carbocycles. The van der Waals surface area contributed by atoms with Crippen LogP contribution in [-0.4, -0.2) is 44.8 Å². The molecule has 1 fully saturated rings. The lowest BCUT2D eigenvalue weighted by atomic mass is 10.1. The Kier molecular flexibility index (Phi) is 6.36. The van der Waals surface area contributed by atoms with Crippen LogP contribution in [0.2, 0.25) is 0 Å². The molecule has 1 amide bonds. The smallest absolute Gasteiger partial charge is 0.274 e. The standard InChI is InChI=1S/C18H17F2N5OS.C2H6/c1-11(12-3-2-6-21-9-12)22-17-23-13-4-8-27-15(13)14(24-17)16(26)25-7-5-18(19,20)10-25;1-2/h2-4,6,8-9,11H,5,7,10H2,1H3,(H,22,23,24);1-2H3/t11-;/m0./s1. The van der Waals surface area contributed by atoms with Crippen LogP contribution in [-0.2, 0) is 0 Å². The predicted octanol–water partition coefficient (Wildman–Crippen LogP) is 4.77. The first-order valence-electron chi connectivity index (χ1n) is 9.52. The van der Waals surface area contributed by atoms with Crippen LogP contribution in [0.5, 0.6) is 0 Å². The normalized spacial score (nSPS) is 16.2. The van der Waals surface area contributed by atoms with Gasteiger partial charge in [-0.1, -0.05) is 19.9 Å². The molecule has 1 aliphatic rings. The zero-order chi connectivity index (χ0) is 21.0. The van der Waals surface area contributed by atoms with Gasteiger partial charge in [-0.15, -0.1) is 11.3 Å². The van der Waals surface area contributed by atoms with E-state index in [1.807, 2.05) is 38.3 Å². The van der Waals surface area contributed by atoms with Crippen LogP contribution in [0.15, 0.2) is 36.0 Å². The highest BCUT2D eigenvalue weighted by Gasteiger charge is 2.41. The summed E-state index contributed by atoms with van der Waals surface area (Å²) in [6, 6.07) is 5.41. The minimum atomic E-state index is -2.84. The maximum atomic E-state index is 13.5. The number of pyridine rings is 1. The topological polar surface area (TPSA) is 71.0 Å². The molecule has 0 radical (unpaired) electrons. The first kappa shape index (κ1) is 21.0. The van der Waals surface area contributed by atoms with Crippen LogP contribution < -0.4 is 5.32 Å². The quantitative estimate of drug-likeness (QED) is 0.660. The van der Waals surface area contributed by atoms with E-state index in [0.717, 1.165) is 10.5 Å². The first-order valence-corrected chi connectivity index (χ1v) is 10.4. The molecule has 0 unspecified atom stereocenters. The molecule has 3 aromatic heterocycles. The maximum absolute atomic E-state index is 13.5. The third-order valence-electron chi connectivity index (χ3n) is 4.49. The van der Waals surface area contributed by atoms with E-state index in [1.54, 1.807) is 18.5 Å². The zero-order valence-corrected chi connectivity index (χ0v) is 17.3. The Morgan fingerprint density at radius 2 is 2.10 bits per heavy atom. The van der Waals surface area contributed by atoms with E-state index in [0.29, 0.717) is 10.2 Å². The summed E-state index contributed by atoms with van der Waals surface area (Å²) in [6.45, 7) is 5.38. The summed E-state index contributed by atoms with van der Waals surface area (Å²) in [5.41, 5.74) is 1.72. The minimum absolute atomic E-state index is 0.0254. The molecule has 0 aliphatic carbocycles. The van der Waals surface area contributed by atoms with Crippen molar-refractivity contribution >= 4 is 33.4 Å². The number of alkyl halides is 2. The molecule has 29 heavy (non-hydrogen) atoms. The van der Waals surface area contributed by atoms with Crippen LogP contribution in [0.1, 0.15) is 49.3 Å². The van der Waals surface area contributed by atoms with Gasteiger partial charge in [0.05, 0.1) is 22.8 Å². The van der Waals surface area contributed by atoms with Gasteiger partial charge in [0.15, 0.2) is 5.69 Å².